The van der Waals surface area contributed by atoms with E-state index in [-0.39, 0.29) is 17.6 Å². The van der Waals surface area contributed by atoms with Gasteiger partial charge in [0.2, 0.25) is 11.0 Å². The van der Waals surface area contributed by atoms with E-state index in [1.54, 1.807) is 12.1 Å². The van der Waals surface area contributed by atoms with E-state index in [4.69, 9.17) is 0 Å². The number of Topliss-reactive ketones (excluding diaryl/α,β-unsaturated/α-hetero) is 1. The fourth-order valence-corrected chi connectivity index (χ4v) is 3.68. The minimum atomic E-state index is 0.0271. The van der Waals surface area contributed by atoms with Crippen molar-refractivity contribution < 1.29 is 9.59 Å². The van der Waals surface area contributed by atoms with Crippen molar-refractivity contribution in [2.45, 2.75) is 23.6 Å². The second kappa shape index (κ2) is 7.02. The van der Waals surface area contributed by atoms with Crippen LogP contribution in [-0.4, -0.2) is 27.6 Å². The third kappa shape index (κ3) is 3.72. The molecular formula is C15H15N3O2S2. The fraction of sp³-hybridized carbons (Fsp3) is 0.333. The first-order chi connectivity index (χ1) is 10.7. The van der Waals surface area contributed by atoms with Crippen molar-refractivity contribution in [2.75, 3.05) is 11.1 Å². The first-order valence-corrected chi connectivity index (χ1v) is 8.88. The molecular weight excluding hydrogens is 318 g/mol. The molecule has 1 fully saturated rings. The predicted octanol–water partition coefficient (Wildman–Crippen LogP) is 3.25. The van der Waals surface area contributed by atoms with Crippen LogP contribution in [-0.2, 0) is 4.79 Å². The normalized spacial score (nSPS) is 14.4. The Kier molecular flexibility index (Phi) is 4.84. The Balaban J connectivity index is 1.51. The van der Waals surface area contributed by atoms with E-state index in [0.29, 0.717) is 20.8 Å². The van der Waals surface area contributed by atoms with E-state index in [0.717, 1.165) is 19.3 Å². The Labute approximate surface area is 136 Å². The second-order valence-electron chi connectivity index (χ2n) is 5.07. The number of thioether (sulfide) groups is 1. The van der Waals surface area contributed by atoms with Crippen LogP contribution in [0.1, 0.15) is 29.6 Å². The number of nitrogens with one attached hydrogen (secondary N) is 1. The molecule has 7 heteroatoms. The van der Waals surface area contributed by atoms with Crippen molar-refractivity contribution in [3.63, 3.8) is 0 Å². The Hall–Kier alpha value is -1.73. The zero-order valence-electron chi connectivity index (χ0n) is 11.8. The van der Waals surface area contributed by atoms with Crippen molar-refractivity contribution in [3.05, 3.63) is 35.9 Å². The van der Waals surface area contributed by atoms with Gasteiger partial charge in [-0.3, -0.25) is 9.59 Å². The van der Waals surface area contributed by atoms with Crippen LogP contribution in [0.4, 0.5) is 5.13 Å². The summed E-state index contributed by atoms with van der Waals surface area (Å²) in [6, 6.07) is 9.17. The fourth-order valence-electron chi connectivity index (χ4n) is 2.03. The number of nitrogens with zero attached hydrogens (tertiary/aromatic N) is 2. The van der Waals surface area contributed by atoms with Gasteiger partial charge in [-0.1, -0.05) is 59.9 Å². The van der Waals surface area contributed by atoms with Crippen LogP contribution in [0.15, 0.2) is 34.7 Å². The predicted molar refractivity (Wildman–Crippen MR) is 87.4 cm³/mol. The average Bonchev–Trinajstić information content (AvgIpc) is 2.91. The van der Waals surface area contributed by atoms with E-state index in [1.165, 1.54) is 23.1 Å². The van der Waals surface area contributed by atoms with Crippen LogP contribution in [0.25, 0.3) is 0 Å². The van der Waals surface area contributed by atoms with Crippen molar-refractivity contribution in [3.8, 4) is 0 Å². The lowest BCUT2D eigenvalue weighted by Gasteiger charge is -2.23. The zero-order valence-corrected chi connectivity index (χ0v) is 13.5. The van der Waals surface area contributed by atoms with Crippen molar-refractivity contribution >= 4 is 39.9 Å². The summed E-state index contributed by atoms with van der Waals surface area (Å²) in [6.45, 7) is 0. The first-order valence-electron chi connectivity index (χ1n) is 7.08. The van der Waals surface area contributed by atoms with E-state index >= 15 is 0 Å². The quantitative estimate of drug-likeness (QED) is 0.499. The third-order valence-corrected chi connectivity index (χ3v) is 5.51. The lowest BCUT2D eigenvalue weighted by molar-refractivity contribution is -0.122. The van der Waals surface area contributed by atoms with Crippen LogP contribution >= 0.6 is 23.1 Å². The molecule has 1 aromatic carbocycles. The zero-order chi connectivity index (χ0) is 15.4. The standard InChI is InChI=1S/C15H15N3O2S2/c19-12(10-5-2-1-3-6-10)9-21-15-18-17-14(22-15)16-13(20)11-7-4-8-11/h1-3,5-6,11H,4,7-9H2,(H,16,17,20). The summed E-state index contributed by atoms with van der Waals surface area (Å²) < 4.78 is 0.688. The van der Waals surface area contributed by atoms with Gasteiger partial charge in [0.05, 0.1) is 5.75 Å². The minimum absolute atomic E-state index is 0.0271. The van der Waals surface area contributed by atoms with Gasteiger partial charge in [-0.2, -0.15) is 0 Å². The highest BCUT2D eigenvalue weighted by molar-refractivity contribution is 8.01. The summed E-state index contributed by atoms with van der Waals surface area (Å²) in [7, 11) is 0. The Morgan fingerprint density at radius 1 is 1.23 bits per heavy atom. The largest absolute Gasteiger partial charge is 0.300 e. The maximum absolute atomic E-state index is 12.0. The molecule has 1 heterocycles. The number of carbonyl (C=O) groups is 2. The highest BCUT2D eigenvalue weighted by atomic mass is 32.2. The number of ketones is 1. The molecule has 1 aromatic heterocycles. The number of carbonyl (C=O) groups excluding carboxylic acids is 2. The Morgan fingerprint density at radius 2 is 2.00 bits per heavy atom. The Bertz CT molecular complexity index is 668. The van der Waals surface area contributed by atoms with Crippen LogP contribution in [0.2, 0.25) is 0 Å². The maximum Gasteiger partial charge on any atom is 0.229 e. The van der Waals surface area contributed by atoms with E-state index in [1.807, 2.05) is 18.2 Å². The van der Waals surface area contributed by atoms with Gasteiger partial charge in [0.25, 0.3) is 0 Å². The van der Waals surface area contributed by atoms with Gasteiger partial charge in [0.15, 0.2) is 10.1 Å². The van der Waals surface area contributed by atoms with Gasteiger partial charge >= 0.3 is 0 Å². The van der Waals surface area contributed by atoms with Gasteiger partial charge in [-0.15, -0.1) is 10.2 Å². The first kappa shape index (κ1) is 15.2. The molecule has 5 nitrogen and oxygen atoms in total. The molecule has 0 atom stereocenters. The highest BCUT2D eigenvalue weighted by Crippen LogP contribution is 2.30. The number of aromatic nitrogens is 2. The van der Waals surface area contributed by atoms with Crippen molar-refractivity contribution in [1.29, 1.82) is 0 Å². The number of hydrogen-bond donors (Lipinski definition) is 1. The molecule has 114 valence electrons. The third-order valence-electron chi connectivity index (χ3n) is 3.54. The number of anilines is 1. The van der Waals surface area contributed by atoms with Crippen LogP contribution in [0.5, 0.6) is 0 Å². The summed E-state index contributed by atoms with van der Waals surface area (Å²) in [4.78, 5) is 23.8. The smallest absolute Gasteiger partial charge is 0.229 e. The van der Waals surface area contributed by atoms with Crippen molar-refractivity contribution in [2.24, 2.45) is 5.92 Å². The molecule has 0 bridgehead atoms. The lowest BCUT2D eigenvalue weighted by atomic mass is 9.85. The van der Waals surface area contributed by atoms with Crippen LogP contribution < -0.4 is 5.32 Å². The van der Waals surface area contributed by atoms with Gasteiger partial charge in [0.1, 0.15) is 0 Å². The summed E-state index contributed by atoms with van der Waals surface area (Å²) >= 11 is 2.65. The molecule has 0 saturated heterocycles. The molecule has 0 aliphatic heterocycles. The Morgan fingerprint density at radius 3 is 2.68 bits per heavy atom. The molecule has 22 heavy (non-hydrogen) atoms. The molecule has 1 saturated carbocycles. The summed E-state index contributed by atoms with van der Waals surface area (Å²) in [5, 5.41) is 11.3. The molecule has 1 N–H and O–H groups in total. The highest BCUT2D eigenvalue weighted by Gasteiger charge is 2.26. The van der Waals surface area contributed by atoms with Gasteiger partial charge < -0.3 is 5.32 Å². The second-order valence-corrected chi connectivity index (χ2v) is 7.27. The van der Waals surface area contributed by atoms with E-state index in [2.05, 4.69) is 15.5 Å². The number of rotatable bonds is 6. The summed E-state index contributed by atoms with van der Waals surface area (Å²) in [5.74, 6) is 0.523. The lowest BCUT2D eigenvalue weighted by Crippen LogP contribution is -2.27. The van der Waals surface area contributed by atoms with Gasteiger partial charge in [-0.05, 0) is 12.8 Å². The van der Waals surface area contributed by atoms with Crippen LogP contribution in [0, 0.1) is 5.92 Å². The van der Waals surface area contributed by atoms with Crippen LogP contribution in [0.3, 0.4) is 0 Å². The molecule has 0 spiro atoms. The van der Waals surface area contributed by atoms with Crippen molar-refractivity contribution in [1.82, 2.24) is 10.2 Å². The van der Waals surface area contributed by atoms with E-state index in [9.17, 15) is 9.59 Å². The average molecular weight is 333 g/mol. The minimum Gasteiger partial charge on any atom is -0.300 e. The molecule has 2 aromatic rings. The SMILES string of the molecule is O=C(CSc1nnc(NC(=O)C2CCC2)s1)c1ccccc1. The summed E-state index contributed by atoms with van der Waals surface area (Å²) in [5.41, 5.74) is 0.693. The molecule has 0 unspecified atom stereocenters. The molecule has 0 radical (unpaired) electrons. The molecule has 1 aliphatic carbocycles. The van der Waals surface area contributed by atoms with Gasteiger partial charge in [-0.25, -0.2) is 0 Å². The summed E-state index contributed by atoms with van der Waals surface area (Å²) in [6.07, 6.45) is 3.03. The number of benzene rings is 1. The number of hydrogen-bond acceptors (Lipinski definition) is 6. The van der Waals surface area contributed by atoms with Gasteiger partial charge in [0, 0.05) is 11.5 Å². The maximum atomic E-state index is 12.0. The molecule has 1 aliphatic rings. The molecule has 3 rings (SSSR count). The monoisotopic (exact) mass is 333 g/mol. The topological polar surface area (TPSA) is 72.0 Å². The number of amides is 1. The van der Waals surface area contributed by atoms with E-state index < -0.39 is 0 Å². The molecule has 1 amide bonds.